The minimum absolute atomic E-state index is 0. The van der Waals surface area contributed by atoms with Gasteiger partial charge in [-0.1, -0.05) is 30.3 Å². The second kappa shape index (κ2) is 12.4. The normalized spacial score (nSPS) is 12.2. The zero-order chi connectivity index (χ0) is 22.2. The first-order valence-corrected chi connectivity index (χ1v) is 11.5. The zero-order valence-electron chi connectivity index (χ0n) is 18.4. The molecular weight excluding hydrogens is 530 g/mol. The van der Waals surface area contributed by atoms with Crippen LogP contribution in [0.25, 0.3) is 0 Å². The number of sulfonamides is 1. The number of nitrogens with one attached hydrogen (secondary N) is 3. The minimum Gasteiger partial charge on any atom is -0.357 e. The minimum atomic E-state index is -3.66. The van der Waals surface area contributed by atoms with Crippen LogP contribution in [0.5, 0.6) is 0 Å². The van der Waals surface area contributed by atoms with Gasteiger partial charge in [0.2, 0.25) is 10.0 Å². The third-order valence-corrected chi connectivity index (χ3v) is 5.93. The third-order valence-electron chi connectivity index (χ3n) is 4.07. The molecule has 2 aromatic rings. The number of aliphatic imine (C=N–C) groups is 1. The molecule has 0 atom stereocenters. The molecule has 31 heavy (non-hydrogen) atoms. The first kappa shape index (κ1) is 27.3. The lowest BCUT2D eigenvalue weighted by Gasteiger charge is -2.21. The Morgan fingerprint density at radius 1 is 1.03 bits per heavy atom. The summed E-state index contributed by atoms with van der Waals surface area (Å²) in [7, 11) is -3.66. The number of hydrogen-bond donors (Lipinski definition) is 3. The van der Waals surface area contributed by atoms with E-state index in [1.807, 2.05) is 6.92 Å². The molecule has 0 bridgehead atoms. The van der Waals surface area contributed by atoms with Crippen LogP contribution in [0.15, 0.2) is 58.4 Å². The SMILES string of the molecule is CCNC(=NCc1ccccc1S(=O)(=O)NC(C)(C)C)NCCc1ccc(F)cc1.I. The number of halogens is 2. The Bertz CT molecular complexity index is 958. The summed E-state index contributed by atoms with van der Waals surface area (Å²) in [6, 6.07) is 13.3. The number of rotatable bonds is 8. The molecule has 0 aliphatic heterocycles. The predicted octanol–water partition coefficient (Wildman–Crippen LogP) is 3.82. The van der Waals surface area contributed by atoms with Gasteiger partial charge in [-0.2, -0.15) is 0 Å². The smallest absolute Gasteiger partial charge is 0.241 e. The maximum absolute atomic E-state index is 13.0. The number of hydrogen-bond acceptors (Lipinski definition) is 3. The van der Waals surface area contributed by atoms with Crippen LogP contribution < -0.4 is 15.4 Å². The molecular formula is C22H32FIN4O2S. The monoisotopic (exact) mass is 562 g/mol. The van der Waals surface area contributed by atoms with E-state index in [1.165, 1.54) is 12.1 Å². The van der Waals surface area contributed by atoms with Gasteiger partial charge < -0.3 is 10.6 Å². The van der Waals surface area contributed by atoms with Crippen molar-refractivity contribution >= 4 is 40.0 Å². The molecule has 0 unspecified atom stereocenters. The maximum Gasteiger partial charge on any atom is 0.241 e. The highest BCUT2D eigenvalue weighted by atomic mass is 127. The largest absolute Gasteiger partial charge is 0.357 e. The van der Waals surface area contributed by atoms with Crippen molar-refractivity contribution in [1.29, 1.82) is 0 Å². The van der Waals surface area contributed by atoms with Gasteiger partial charge in [-0.3, -0.25) is 0 Å². The van der Waals surface area contributed by atoms with Crippen LogP contribution in [0.1, 0.15) is 38.8 Å². The summed E-state index contributed by atoms with van der Waals surface area (Å²) in [5.41, 5.74) is 1.06. The van der Waals surface area contributed by atoms with E-state index in [0.717, 1.165) is 5.56 Å². The van der Waals surface area contributed by atoms with Crippen molar-refractivity contribution in [3.05, 3.63) is 65.5 Å². The van der Waals surface area contributed by atoms with Gasteiger partial charge in [0.15, 0.2) is 5.96 Å². The summed E-state index contributed by atoms with van der Waals surface area (Å²) in [5, 5.41) is 6.39. The molecule has 172 valence electrons. The van der Waals surface area contributed by atoms with E-state index in [2.05, 4.69) is 20.3 Å². The highest BCUT2D eigenvalue weighted by Gasteiger charge is 2.24. The molecule has 0 aromatic heterocycles. The fraction of sp³-hybridized carbons (Fsp3) is 0.409. The van der Waals surface area contributed by atoms with Crippen molar-refractivity contribution in [2.24, 2.45) is 4.99 Å². The Balaban J connectivity index is 0.00000480. The molecule has 2 aromatic carbocycles. The van der Waals surface area contributed by atoms with E-state index < -0.39 is 15.6 Å². The van der Waals surface area contributed by atoms with Crippen molar-refractivity contribution in [3.8, 4) is 0 Å². The molecule has 9 heteroatoms. The summed E-state index contributed by atoms with van der Waals surface area (Å²) < 4.78 is 41.3. The standard InChI is InChI=1S/C22H31FN4O2S.HI/c1-5-24-21(25-15-14-17-10-12-19(23)13-11-17)26-16-18-8-6-7-9-20(18)30(28,29)27-22(2,3)4;/h6-13,27H,5,14-16H2,1-4H3,(H2,24,25,26);1H. The summed E-state index contributed by atoms with van der Waals surface area (Å²) in [4.78, 5) is 4.77. The van der Waals surface area contributed by atoms with Gasteiger partial charge in [0, 0.05) is 18.6 Å². The summed E-state index contributed by atoms with van der Waals surface area (Å²) >= 11 is 0. The van der Waals surface area contributed by atoms with E-state index in [0.29, 0.717) is 31.0 Å². The fourth-order valence-electron chi connectivity index (χ4n) is 2.84. The van der Waals surface area contributed by atoms with Crippen molar-refractivity contribution < 1.29 is 12.8 Å². The summed E-state index contributed by atoms with van der Waals surface area (Å²) in [5.74, 6) is 0.340. The Morgan fingerprint density at radius 3 is 2.29 bits per heavy atom. The molecule has 0 amide bonds. The van der Waals surface area contributed by atoms with Crippen LogP contribution in [0.3, 0.4) is 0 Å². The van der Waals surface area contributed by atoms with E-state index in [4.69, 9.17) is 0 Å². The molecule has 0 fully saturated rings. The van der Waals surface area contributed by atoms with Gasteiger partial charge in [0.25, 0.3) is 0 Å². The van der Waals surface area contributed by atoms with E-state index in [1.54, 1.807) is 57.2 Å². The average Bonchev–Trinajstić information content (AvgIpc) is 2.66. The van der Waals surface area contributed by atoms with Gasteiger partial charge in [0.1, 0.15) is 5.82 Å². The lowest BCUT2D eigenvalue weighted by atomic mass is 10.1. The Morgan fingerprint density at radius 2 is 1.68 bits per heavy atom. The van der Waals surface area contributed by atoms with E-state index >= 15 is 0 Å². The highest BCUT2D eigenvalue weighted by molar-refractivity contribution is 14.0. The molecule has 2 rings (SSSR count). The van der Waals surface area contributed by atoms with Crippen molar-refractivity contribution in [2.75, 3.05) is 13.1 Å². The molecule has 0 aliphatic rings. The lowest BCUT2D eigenvalue weighted by molar-refractivity contribution is 0.491. The van der Waals surface area contributed by atoms with E-state index in [-0.39, 0.29) is 41.2 Å². The predicted molar refractivity (Wildman–Crippen MR) is 135 cm³/mol. The zero-order valence-corrected chi connectivity index (χ0v) is 21.6. The maximum atomic E-state index is 13.0. The molecule has 0 spiro atoms. The Labute approximate surface area is 202 Å². The van der Waals surface area contributed by atoms with Crippen molar-refractivity contribution in [2.45, 2.75) is 51.1 Å². The number of guanidine groups is 1. The quantitative estimate of drug-likeness (QED) is 0.260. The lowest BCUT2D eigenvalue weighted by Crippen LogP contribution is -2.41. The van der Waals surface area contributed by atoms with Crippen LogP contribution in [-0.4, -0.2) is 33.0 Å². The van der Waals surface area contributed by atoms with Crippen LogP contribution in [0, 0.1) is 5.82 Å². The molecule has 6 nitrogen and oxygen atoms in total. The number of nitrogens with zero attached hydrogens (tertiary/aromatic N) is 1. The van der Waals surface area contributed by atoms with Crippen LogP contribution in [0.4, 0.5) is 4.39 Å². The first-order chi connectivity index (χ1) is 14.1. The molecule has 0 radical (unpaired) electrons. The van der Waals surface area contributed by atoms with Crippen molar-refractivity contribution in [3.63, 3.8) is 0 Å². The Kier molecular flexibility index (Phi) is 10.9. The van der Waals surface area contributed by atoms with Gasteiger partial charge in [-0.05, 0) is 63.4 Å². The second-order valence-electron chi connectivity index (χ2n) is 7.96. The molecule has 0 aliphatic carbocycles. The number of benzene rings is 2. The topological polar surface area (TPSA) is 82.6 Å². The van der Waals surface area contributed by atoms with Crippen LogP contribution in [0.2, 0.25) is 0 Å². The Hall–Kier alpha value is -1.72. The second-order valence-corrected chi connectivity index (χ2v) is 9.61. The van der Waals surface area contributed by atoms with Gasteiger partial charge in [-0.15, -0.1) is 24.0 Å². The van der Waals surface area contributed by atoms with Gasteiger partial charge in [-0.25, -0.2) is 22.5 Å². The summed E-state index contributed by atoms with van der Waals surface area (Å²) in [6.45, 7) is 8.88. The molecule has 0 saturated heterocycles. The average molecular weight is 562 g/mol. The third kappa shape index (κ3) is 9.53. The van der Waals surface area contributed by atoms with E-state index in [9.17, 15) is 12.8 Å². The molecule has 0 heterocycles. The van der Waals surface area contributed by atoms with Gasteiger partial charge >= 0.3 is 0 Å². The van der Waals surface area contributed by atoms with Crippen molar-refractivity contribution in [1.82, 2.24) is 15.4 Å². The molecule has 3 N–H and O–H groups in total. The first-order valence-electron chi connectivity index (χ1n) is 9.99. The summed E-state index contributed by atoms with van der Waals surface area (Å²) in [6.07, 6.45) is 0.713. The van der Waals surface area contributed by atoms with Crippen LogP contribution >= 0.6 is 24.0 Å². The highest BCUT2D eigenvalue weighted by Crippen LogP contribution is 2.18. The van der Waals surface area contributed by atoms with Crippen LogP contribution in [-0.2, 0) is 23.0 Å². The van der Waals surface area contributed by atoms with Gasteiger partial charge in [0.05, 0.1) is 11.4 Å². The fourth-order valence-corrected chi connectivity index (χ4v) is 4.49. The molecule has 0 saturated carbocycles.